The lowest BCUT2D eigenvalue weighted by atomic mass is 9.79. The van der Waals surface area contributed by atoms with E-state index >= 15 is 0 Å². The zero-order chi connectivity index (χ0) is 56.2. The first-order chi connectivity index (χ1) is 41.8. The second-order valence-corrected chi connectivity index (χ2v) is 26.0. The smallest absolute Gasteiger partial charge is 0.159 e. The van der Waals surface area contributed by atoms with Gasteiger partial charge in [-0.3, -0.25) is 0 Å². The van der Waals surface area contributed by atoms with Crippen molar-refractivity contribution >= 4 is 121 Å². The van der Waals surface area contributed by atoms with Crippen LogP contribution in [0, 0.1) is 11.8 Å². The molecule has 18 rings (SSSR count). The van der Waals surface area contributed by atoms with Crippen LogP contribution in [0.1, 0.15) is 108 Å². The number of benzene rings is 10. The van der Waals surface area contributed by atoms with Gasteiger partial charge in [-0.15, -0.1) is 0 Å². The average Bonchev–Trinajstić information content (AvgIpc) is 1.84. The first-order valence-corrected chi connectivity index (χ1v) is 31.6. The van der Waals surface area contributed by atoms with Crippen LogP contribution in [0.15, 0.2) is 221 Å². The van der Waals surface area contributed by atoms with Gasteiger partial charge in [0.15, 0.2) is 11.2 Å². The van der Waals surface area contributed by atoms with Gasteiger partial charge in [-0.25, -0.2) is 0 Å². The second kappa shape index (κ2) is 18.7. The molecule has 0 amide bonds. The quantitative estimate of drug-likeness (QED) is 0.152. The first-order valence-electron chi connectivity index (χ1n) is 31.6. The molecule has 2 fully saturated rings. The standard InChI is InChI=1S/C80H67N3O2/c1-48-44-52(50-20-8-5-9-21-50)35-42-67(48)82(71-29-17-26-62-58-23-12-15-31-74(58)85-79(62)71)55-38-40-56-59-39-34-53-45-65-60-41-43-69(75-63-24-10-13-27-68(63)83(77(60)75)72(65)47-64(53)76(59)80(2,3)66(56)46-55)81(54-36-32-51(33-37-54)49-18-6-4-7-19-49)70-28-16-25-61-57-22-11-14-30-73(57)84-78(61)70/h10-17,22-50,67H,4-9,18-21H2,1-3H3. The van der Waals surface area contributed by atoms with Gasteiger partial charge in [-0.1, -0.05) is 193 Å². The van der Waals surface area contributed by atoms with Crippen LogP contribution in [-0.4, -0.2) is 10.4 Å². The number of hydrogen-bond acceptors (Lipinski definition) is 4. The maximum Gasteiger partial charge on any atom is 0.159 e. The van der Waals surface area contributed by atoms with E-state index in [4.69, 9.17) is 8.83 Å². The molecule has 14 aromatic rings. The van der Waals surface area contributed by atoms with Crippen LogP contribution in [0.5, 0.6) is 0 Å². The topological polar surface area (TPSA) is 37.2 Å². The van der Waals surface area contributed by atoms with Crippen LogP contribution < -0.4 is 9.80 Å². The van der Waals surface area contributed by atoms with Crippen LogP contribution in [0.25, 0.3) is 104 Å². The van der Waals surface area contributed by atoms with Gasteiger partial charge in [0, 0.05) is 59.9 Å². The highest BCUT2D eigenvalue weighted by atomic mass is 16.3. The predicted octanol–water partition coefficient (Wildman–Crippen LogP) is 22.8. The molecule has 0 aliphatic heterocycles. The molecule has 5 heteroatoms. The van der Waals surface area contributed by atoms with Crippen molar-refractivity contribution in [3.63, 3.8) is 0 Å². The zero-order valence-corrected chi connectivity index (χ0v) is 48.7. The highest BCUT2D eigenvalue weighted by molar-refractivity contribution is 6.29. The van der Waals surface area contributed by atoms with Crippen molar-refractivity contribution < 1.29 is 8.83 Å². The Morgan fingerprint density at radius 3 is 1.85 bits per heavy atom. The zero-order valence-electron chi connectivity index (χ0n) is 48.7. The summed E-state index contributed by atoms with van der Waals surface area (Å²) in [6.45, 7) is 7.35. The maximum atomic E-state index is 6.90. The van der Waals surface area contributed by atoms with E-state index in [0.29, 0.717) is 11.8 Å². The number of fused-ring (bicyclic) bond motifs is 17. The number of nitrogens with zero attached hydrogens (tertiary/aromatic N) is 3. The van der Waals surface area contributed by atoms with Gasteiger partial charge >= 0.3 is 0 Å². The van der Waals surface area contributed by atoms with E-state index in [-0.39, 0.29) is 17.4 Å². The molecular weight excluding hydrogens is 1030 g/mol. The summed E-state index contributed by atoms with van der Waals surface area (Å²) in [7, 11) is 0. The van der Waals surface area contributed by atoms with Gasteiger partial charge in [0.2, 0.25) is 0 Å². The summed E-state index contributed by atoms with van der Waals surface area (Å²) in [6, 6.07) is 71.0. The Bertz CT molecular complexity index is 5110. The number of furan rings is 2. The fourth-order valence-corrected chi connectivity index (χ4v) is 16.9. The molecule has 10 aromatic carbocycles. The first kappa shape index (κ1) is 49.4. The molecule has 5 nitrogen and oxygen atoms in total. The molecule has 85 heavy (non-hydrogen) atoms. The van der Waals surface area contributed by atoms with Crippen molar-refractivity contribution in [2.75, 3.05) is 9.80 Å². The summed E-state index contributed by atoms with van der Waals surface area (Å²) in [6.07, 6.45) is 20.7. The molecule has 0 spiro atoms. The third-order valence-corrected chi connectivity index (χ3v) is 20.9. The van der Waals surface area contributed by atoms with Gasteiger partial charge in [0.1, 0.15) is 11.2 Å². The van der Waals surface area contributed by atoms with Crippen molar-refractivity contribution in [3.05, 3.63) is 229 Å². The third-order valence-electron chi connectivity index (χ3n) is 20.9. The van der Waals surface area contributed by atoms with Gasteiger partial charge in [-0.05, 0) is 160 Å². The molecule has 0 radical (unpaired) electrons. The Morgan fingerprint density at radius 1 is 0.482 bits per heavy atom. The molecule has 414 valence electrons. The number of para-hydroxylation sites is 5. The SMILES string of the molecule is CC1C=C(C2CCCCC2)C=CC1N(c1ccc2c(c1)C(C)(C)c1c-2ccc2cc3c4ccc(N(c5ccc(C6CCCCC6)cc5)c5cccc6c5oc5ccccc56)c5c6ccccc6n(c3cc12)c45)c1cccc2c1oc1ccccc12. The number of aromatic nitrogens is 1. The highest BCUT2D eigenvalue weighted by Crippen LogP contribution is 2.56. The molecular formula is C80H67N3O2. The molecule has 2 atom stereocenters. The van der Waals surface area contributed by atoms with Crippen molar-refractivity contribution in [2.24, 2.45) is 11.8 Å². The van der Waals surface area contributed by atoms with Gasteiger partial charge in [0.05, 0.1) is 39.7 Å². The van der Waals surface area contributed by atoms with Gasteiger partial charge in [0.25, 0.3) is 0 Å². The Labute approximate surface area is 495 Å². The minimum absolute atomic E-state index is 0.0905. The van der Waals surface area contributed by atoms with Crippen molar-refractivity contribution in [1.29, 1.82) is 0 Å². The molecule has 2 unspecified atom stereocenters. The Balaban J connectivity index is 0.803. The summed E-state index contributed by atoms with van der Waals surface area (Å²) < 4.78 is 16.4. The Hall–Kier alpha value is -9.06. The van der Waals surface area contributed by atoms with Crippen molar-refractivity contribution in [3.8, 4) is 11.1 Å². The average molecular weight is 1100 g/mol. The largest absolute Gasteiger partial charge is 0.454 e. The highest BCUT2D eigenvalue weighted by Gasteiger charge is 2.39. The fourth-order valence-electron chi connectivity index (χ4n) is 16.9. The minimum Gasteiger partial charge on any atom is -0.454 e. The van der Waals surface area contributed by atoms with Crippen molar-refractivity contribution in [2.45, 2.75) is 102 Å². The van der Waals surface area contributed by atoms with E-state index in [2.05, 4.69) is 241 Å². The van der Waals surface area contributed by atoms with E-state index < -0.39 is 0 Å². The van der Waals surface area contributed by atoms with E-state index in [0.717, 1.165) is 66.6 Å². The van der Waals surface area contributed by atoms with Gasteiger partial charge < -0.3 is 23.0 Å². The molecule has 4 heterocycles. The maximum absolute atomic E-state index is 6.90. The molecule has 4 aromatic heterocycles. The third kappa shape index (κ3) is 7.29. The lowest BCUT2D eigenvalue weighted by Gasteiger charge is -2.38. The van der Waals surface area contributed by atoms with Gasteiger partial charge in [-0.2, -0.15) is 0 Å². The Kier molecular flexibility index (Phi) is 10.9. The van der Waals surface area contributed by atoms with Crippen LogP contribution in [0.2, 0.25) is 0 Å². The van der Waals surface area contributed by atoms with Crippen LogP contribution in [-0.2, 0) is 5.41 Å². The molecule has 0 bridgehead atoms. The minimum atomic E-state index is -0.315. The summed E-state index contributed by atoms with van der Waals surface area (Å²) in [5.41, 5.74) is 21.0. The van der Waals surface area contributed by atoms with E-state index in [1.165, 1.54) is 152 Å². The molecule has 0 N–H and O–H groups in total. The summed E-state index contributed by atoms with van der Waals surface area (Å²) in [5, 5.41) is 12.2. The lowest BCUT2D eigenvalue weighted by molar-refractivity contribution is 0.403. The number of rotatable bonds is 8. The number of allylic oxidation sites excluding steroid dienone is 2. The molecule has 2 saturated carbocycles. The Morgan fingerprint density at radius 2 is 1.12 bits per heavy atom. The summed E-state index contributed by atoms with van der Waals surface area (Å²) in [5.74, 6) is 1.56. The van der Waals surface area contributed by atoms with E-state index in [1.807, 2.05) is 0 Å². The molecule has 0 saturated heterocycles. The molecule has 4 aliphatic carbocycles. The van der Waals surface area contributed by atoms with Crippen LogP contribution in [0.4, 0.5) is 28.4 Å². The fraction of sp³-hybridized carbons (Fsp3) is 0.225. The summed E-state index contributed by atoms with van der Waals surface area (Å²) in [4.78, 5) is 5.09. The van der Waals surface area contributed by atoms with E-state index in [9.17, 15) is 0 Å². The van der Waals surface area contributed by atoms with E-state index in [1.54, 1.807) is 0 Å². The lowest BCUT2D eigenvalue weighted by Crippen LogP contribution is -2.36. The normalized spacial score (nSPS) is 18.3. The monoisotopic (exact) mass is 1100 g/mol. The summed E-state index contributed by atoms with van der Waals surface area (Å²) >= 11 is 0. The van der Waals surface area contributed by atoms with Crippen molar-refractivity contribution in [1.82, 2.24) is 4.40 Å². The number of anilines is 5. The van der Waals surface area contributed by atoms with Crippen LogP contribution in [0.3, 0.4) is 0 Å². The van der Waals surface area contributed by atoms with Crippen LogP contribution >= 0.6 is 0 Å². The predicted molar refractivity (Wildman–Crippen MR) is 357 cm³/mol. The molecule has 4 aliphatic rings. The number of hydrogen-bond donors (Lipinski definition) is 0. The second-order valence-electron chi connectivity index (χ2n) is 26.0.